The number of nitrogens with zero attached hydrogens (tertiary/aromatic N) is 3. The highest BCUT2D eigenvalue weighted by Crippen LogP contribution is 2.38. The highest BCUT2D eigenvalue weighted by Gasteiger charge is 2.24. The van der Waals surface area contributed by atoms with Crippen molar-refractivity contribution >= 4 is 6.08 Å². The predicted molar refractivity (Wildman–Crippen MR) is 95.4 cm³/mol. The van der Waals surface area contributed by atoms with Crippen molar-refractivity contribution in [2.75, 3.05) is 0 Å². The van der Waals surface area contributed by atoms with Crippen LogP contribution in [0.1, 0.15) is 35.1 Å². The molecular weight excluding hydrogens is 296 g/mol. The minimum absolute atomic E-state index is 0.458. The van der Waals surface area contributed by atoms with Gasteiger partial charge in [0.15, 0.2) is 0 Å². The third-order valence-corrected chi connectivity index (χ3v) is 4.79. The molecule has 120 valence electrons. The van der Waals surface area contributed by atoms with Crippen LogP contribution >= 0.6 is 0 Å². The van der Waals surface area contributed by atoms with Crippen molar-refractivity contribution in [1.82, 2.24) is 20.6 Å². The number of aromatic nitrogens is 4. The van der Waals surface area contributed by atoms with Gasteiger partial charge in [-0.15, -0.1) is 10.2 Å². The lowest BCUT2D eigenvalue weighted by atomic mass is 9.84. The van der Waals surface area contributed by atoms with E-state index in [0.29, 0.717) is 17.7 Å². The van der Waals surface area contributed by atoms with Crippen molar-refractivity contribution in [3.63, 3.8) is 0 Å². The first kappa shape index (κ1) is 14.8. The third kappa shape index (κ3) is 2.75. The number of aryl methyl sites for hydroxylation is 1. The van der Waals surface area contributed by atoms with E-state index in [1.165, 1.54) is 22.3 Å². The van der Waals surface area contributed by atoms with E-state index < -0.39 is 0 Å². The SMILES string of the molecule is Cc1cccc(CC(C)C2C=Cc3cc(-c4nn[nH]n4)ccc32)c1. The molecule has 1 heterocycles. The first-order chi connectivity index (χ1) is 11.7. The quantitative estimate of drug-likeness (QED) is 0.786. The fourth-order valence-corrected chi connectivity index (χ4v) is 3.59. The number of H-pyrrole nitrogens is 1. The molecule has 1 aliphatic carbocycles. The Bertz CT molecular complexity index is 880. The first-order valence-electron chi connectivity index (χ1n) is 8.32. The summed E-state index contributed by atoms with van der Waals surface area (Å²) in [6.07, 6.45) is 5.63. The molecule has 0 spiro atoms. The number of hydrogen-bond acceptors (Lipinski definition) is 3. The standard InChI is InChI=1S/C20H20N4/c1-13-4-3-5-15(10-13)11-14(2)18-8-6-16-12-17(7-9-19(16)18)20-21-23-24-22-20/h3-10,12,14,18H,11H2,1-2H3,(H,21,22,23,24). The molecule has 24 heavy (non-hydrogen) atoms. The Morgan fingerprint density at radius 1 is 1.17 bits per heavy atom. The van der Waals surface area contributed by atoms with Gasteiger partial charge in [0.25, 0.3) is 0 Å². The Morgan fingerprint density at radius 3 is 2.88 bits per heavy atom. The largest absolute Gasteiger partial charge is 0.204 e. The number of tetrazole rings is 1. The van der Waals surface area contributed by atoms with Crippen LogP contribution in [0, 0.1) is 12.8 Å². The Labute approximate surface area is 141 Å². The molecule has 0 aliphatic heterocycles. The molecule has 0 saturated carbocycles. The summed E-state index contributed by atoms with van der Waals surface area (Å²) in [5, 5.41) is 14.3. The molecule has 0 saturated heterocycles. The van der Waals surface area contributed by atoms with Gasteiger partial charge in [0.2, 0.25) is 5.82 Å². The van der Waals surface area contributed by atoms with Gasteiger partial charge in [-0.05, 0) is 47.2 Å². The maximum atomic E-state index is 4.06. The fourth-order valence-electron chi connectivity index (χ4n) is 3.59. The van der Waals surface area contributed by atoms with Crippen molar-refractivity contribution in [2.45, 2.75) is 26.2 Å². The number of benzene rings is 2. The smallest absolute Gasteiger partial charge is 0.177 e. The zero-order chi connectivity index (χ0) is 16.5. The van der Waals surface area contributed by atoms with E-state index in [1.54, 1.807) is 0 Å². The van der Waals surface area contributed by atoms with Crippen LogP contribution in [0.15, 0.2) is 48.5 Å². The average molecular weight is 316 g/mol. The van der Waals surface area contributed by atoms with Gasteiger partial charge in [0.05, 0.1) is 0 Å². The number of nitrogens with one attached hydrogen (secondary N) is 1. The molecule has 4 rings (SSSR count). The summed E-state index contributed by atoms with van der Waals surface area (Å²) < 4.78 is 0. The van der Waals surface area contributed by atoms with Gasteiger partial charge in [-0.3, -0.25) is 0 Å². The molecule has 0 radical (unpaired) electrons. The molecule has 0 fully saturated rings. The second-order valence-electron chi connectivity index (χ2n) is 6.63. The van der Waals surface area contributed by atoms with Crippen LogP contribution in [0.25, 0.3) is 17.5 Å². The number of allylic oxidation sites excluding steroid dienone is 1. The average Bonchev–Trinajstić information content (AvgIpc) is 3.24. The van der Waals surface area contributed by atoms with Crippen molar-refractivity contribution in [1.29, 1.82) is 0 Å². The summed E-state index contributed by atoms with van der Waals surface area (Å²) in [6.45, 7) is 4.48. The second kappa shape index (κ2) is 6.04. The number of hydrogen-bond donors (Lipinski definition) is 1. The molecule has 4 heteroatoms. The monoisotopic (exact) mass is 316 g/mol. The molecule has 2 unspecified atom stereocenters. The highest BCUT2D eigenvalue weighted by atomic mass is 15.5. The van der Waals surface area contributed by atoms with Crippen LogP contribution in [0.4, 0.5) is 0 Å². The number of rotatable bonds is 4. The number of fused-ring (bicyclic) bond motifs is 1. The van der Waals surface area contributed by atoms with E-state index in [2.05, 4.69) is 89.1 Å². The van der Waals surface area contributed by atoms with Crippen molar-refractivity contribution in [2.24, 2.45) is 5.92 Å². The molecule has 0 bridgehead atoms. The maximum absolute atomic E-state index is 4.06. The maximum Gasteiger partial charge on any atom is 0.204 e. The minimum Gasteiger partial charge on any atom is -0.177 e. The summed E-state index contributed by atoms with van der Waals surface area (Å²) >= 11 is 0. The van der Waals surface area contributed by atoms with Crippen molar-refractivity contribution in [3.8, 4) is 11.4 Å². The van der Waals surface area contributed by atoms with Gasteiger partial charge in [-0.2, -0.15) is 5.21 Å². The summed E-state index contributed by atoms with van der Waals surface area (Å²) in [5.41, 5.74) is 6.39. The van der Waals surface area contributed by atoms with Crippen LogP contribution in [0.5, 0.6) is 0 Å². The highest BCUT2D eigenvalue weighted by molar-refractivity contribution is 5.69. The van der Waals surface area contributed by atoms with Gasteiger partial charge in [0.1, 0.15) is 0 Å². The third-order valence-electron chi connectivity index (χ3n) is 4.79. The van der Waals surface area contributed by atoms with Gasteiger partial charge < -0.3 is 0 Å². The van der Waals surface area contributed by atoms with E-state index in [4.69, 9.17) is 0 Å². The molecule has 4 nitrogen and oxygen atoms in total. The molecule has 1 N–H and O–H groups in total. The lowest BCUT2D eigenvalue weighted by Gasteiger charge is -2.20. The number of aromatic amines is 1. The molecule has 1 aromatic heterocycles. The van der Waals surface area contributed by atoms with Crippen LogP contribution in [0.3, 0.4) is 0 Å². The Hall–Kier alpha value is -2.75. The summed E-state index contributed by atoms with van der Waals surface area (Å²) in [4.78, 5) is 0. The lowest BCUT2D eigenvalue weighted by Crippen LogP contribution is -2.09. The van der Waals surface area contributed by atoms with Gasteiger partial charge in [-0.25, -0.2) is 0 Å². The summed E-state index contributed by atoms with van der Waals surface area (Å²) in [6, 6.07) is 15.3. The first-order valence-corrected chi connectivity index (χ1v) is 8.32. The minimum atomic E-state index is 0.458. The van der Waals surface area contributed by atoms with Crippen LogP contribution in [-0.2, 0) is 6.42 Å². The zero-order valence-corrected chi connectivity index (χ0v) is 13.9. The lowest BCUT2D eigenvalue weighted by molar-refractivity contribution is 0.526. The fraction of sp³-hybridized carbons (Fsp3) is 0.250. The summed E-state index contributed by atoms with van der Waals surface area (Å²) in [7, 11) is 0. The van der Waals surface area contributed by atoms with Crippen molar-refractivity contribution in [3.05, 3.63) is 70.8 Å². The Balaban J connectivity index is 1.56. The zero-order valence-electron chi connectivity index (χ0n) is 13.9. The predicted octanol–water partition coefficient (Wildman–Crippen LogP) is 4.16. The Kier molecular flexibility index (Phi) is 3.73. The van der Waals surface area contributed by atoms with E-state index in [1.807, 2.05) is 0 Å². The van der Waals surface area contributed by atoms with Crippen molar-refractivity contribution < 1.29 is 0 Å². The van der Waals surface area contributed by atoms with E-state index in [0.717, 1.165) is 12.0 Å². The van der Waals surface area contributed by atoms with E-state index >= 15 is 0 Å². The van der Waals surface area contributed by atoms with Gasteiger partial charge in [0, 0.05) is 11.5 Å². The molecule has 1 aliphatic rings. The Morgan fingerprint density at radius 2 is 2.08 bits per heavy atom. The normalized spacial score (nSPS) is 17.0. The van der Waals surface area contributed by atoms with Gasteiger partial charge in [-0.1, -0.05) is 61.0 Å². The van der Waals surface area contributed by atoms with Crippen LogP contribution < -0.4 is 0 Å². The van der Waals surface area contributed by atoms with Gasteiger partial charge >= 0.3 is 0 Å². The molecular formula is C20H20N4. The molecule has 3 aromatic rings. The van der Waals surface area contributed by atoms with Crippen LogP contribution in [-0.4, -0.2) is 20.6 Å². The topological polar surface area (TPSA) is 54.5 Å². The van der Waals surface area contributed by atoms with E-state index in [-0.39, 0.29) is 0 Å². The molecule has 2 aromatic carbocycles. The van der Waals surface area contributed by atoms with Crippen LogP contribution in [0.2, 0.25) is 0 Å². The molecule has 0 amide bonds. The summed E-state index contributed by atoms with van der Waals surface area (Å²) in [5.74, 6) is 1.66. The molecule has 2 atom stereocenters. The van der Waals surface area contributed by atoms with E-state index in [9.17, 15) is 0 Å². The second-order valence-corrected chi connectivity index (χ2v) is 6.63.